The number of thiophene rings is 1. The van der Waals surface area contributed by atoms with Gasteiger partial charge in [0.2, 0.25) is 5.91 Å². The number of hydrogen-bond acceptors (Lipinski definition) is 5. The Morgan fingerprint density at radius 3 is 2.50 bits per heavy atom. The average Bonchev–Trinajstić information content (AvgIpc) is 2.62. The molecule has 1 amide bonds. The monoisotopic (exact) mass is 297 g/mol. The van der Waals surface area contributed by atoms with E-state index in [4.69, 9.17) is 9.84 Å². The lowest BCUT2D eigenvalue weighted by Gasteiger charge is -2.05. The molecular formula is C13H15NO5S. The summed E-state index contributed by atoms with van der Waals surface area (Å²) in [6, 6.07) is 0. The zero-order chi connectivity index (χ0) is 15.3. The highest BCUT2D eigenvalue weighted by atomic mass is 32.1. The largest absolute Gasteiger partial charge is 0.478 e. The van der Waals surface area contributed by atoms with Crippen molar-refractivity contribution in [2.45, 2.75) is 20.8 Å². The molecule has 0 aromatic carbocycles. The normalized spacial score (nSPS) is 10.6. The van der Waals surface area contributed by atoms with E-state index in [1.54, 1.807) is 13.8 Å². The Morgan fingerprint density at radius 2 is 1.95 bits per heavy atom. The van der Waals surface area contributed by atoms with Gasteiger partial charge in [-0.25, -0.2) is 9.59 Å². The van der Waals surface area contributed by atoms with E-state index in [9.17, 15) is 14.4 Å². The molecule has 20 heavy (non-hydrogen) atoms. The van der Waals surface area contributed by atoms with Gasteiger partial charge in [0.15, 0.2) is 0 Å². The van der Waals surface area contributed by atoms with Gasteiger partial charge in [-0.1, -0.05) is 0 Å². The molecule has 0 saturated heterocycles. The number of hydrogen-bond donors (Lipinski definition) is 2. The molecule has 1 aromatic heterocycles. The number of ether oxygens (including phenoxy) is 1. The van der Waals surface area contributed by atoms with Crippen molar-refractivity contribution in [3.8, 4) is 0 Å². The summed E-state index contributed by atoms with van der Waals surface area (Å²) in [5, 5.41) is 11.3. The summed E-state index contributed by atoms with van der Waals surface area (Å²) >= 11 is 1.24. The van der Waals surface area contributed by atoms with Crippen LogP contribution in [0.3, 0.4) is 0 Å². The minimum atomic E-state index is -1.22. The summed E-state index contributed by atoms with van der Waals surface area (Å²) in [6.45, 7) is 5.52. The van der Waals surface area contributed by atoms with E-state index >= 15 is 0 Å². The van der Waals surface area contributed by atoms with E-state index in [0.29, 0.717) is 10.6 Å². The van der Waals surface area contributed by atoms with Crippen LogP contribution >= 0.6 is 11.3 Å². The molecule has 0 aliphatic heterocycles. The highest BCUT2D eigenvalue weighted by molar-refractivity contribution is 7.16. The second-order valence-electron chi connectivity index (χ2n) is 3.87. The van der Waals surface area contributed by atoms with Crippen molar-refractivity contribution in [1.29, 1.82) is 0 Å². The molecule has 0 saturated carbocycles. The molecule has 0 bridgehead atoms. The van der Waals surface area contributed by atoms with Crippen molar-refractivity contribution in [1.82, 2.24) is 0 Å². The topological polar surface area (TPSA) is 92.7 Å². The van der Waals surface area contributed by atoms with Gasteiger partial charge in [-0.05, 0) is 26.3 Å². The highest BCUT2D eigenvalue weighted by Crippen LogP contribution is 2.32. The number of rotatable bonds is 5. The molecule has 108 valence electrons. The van der Waals surface area contributed by atoms with Gasteiger partial charge in [0.05, 0.1) is 12.2 Å². The number of esters is 1. The molecule has 0 atom stereocenters. The third kappa shape index (κ3) is 3.92. The van der Waals surface area contributed by atoms with Gasteiger partial charge in [0, 0.05) is 17.0 Å². The molecule has 1 aromatic rings. The lowest BCUT2D eigenvalue weighted by molar-refractivity contribution is -0.131. The molecule has 6 nitrogen and oxygen atoms in total. The Balaban J connectivity index is 3.01. The van der Waals surface area contributed by atoms with E-state index in [-0.39, 0.29) is 6.61 Å². The first kappa shape index (κ1) is 15.9. The predicted molar refractivity (Wildman–Crippen MR) is 75.2 cm³/mol. The number of aryl methyl sites for hydroxylation is 1. The van der Waals surface area contributed by atoms with Gasteiger partial charge in [-0.3, -0.25) is 4.79 Å². The standard InChI is InChI=1S/C13H15NO5S/c1-4-19-13(18)11-7(2)8(3)20-12(11)14-9(15)5-6-10(16)17/h5-6H,4H2,1-3H3,(H,14,15)(H,16,17)/b6-5-. The van der Waals surface area contributed by atoms with E-state index in [0.717, 1.165) is 22.6 Å². The highest BCUT2D eigenvalue weighted by Gasteiger charge is 2.21. The first-order valence-electron chi connectivity index (χ1n) is 5.85. The summed E-state index contributed by atoms with van der Waals surface area (Å²) in [6.07, 6.45) is 1.62. The number of nitrogens with one attached hydrogen (secondary N) is 1. The second-order valence-corrected chi connectivity index (χ2v) is 5.09. The third-order valence-corrected chi connectivity index (χ3v) is 3.60. The van der Waals surface area contributed by atoms with Gasteiger partial charge >= 0.3 is 11.9 Å². The predicted octanol–water partition coefficient (Wildman–Crippen LogP) is 2.12. The molecule has 0 spiro atoms. The van der Waals surface area contributed by atoms with Gasteiger partial charge in [-0.2, -0.15) is 0 Å². The van der Waals surface area contributed by atoms with E-state index < -0.39 is 17.8 Å². The van der Waals surface area contributed by atoms with Crippen LogP contribution in [0.2, 0.25) is 0 Å². The van der Waals surface area contributed by atoms with E-state index in [1.807, 2.05) is 6.92 Å². The van der Waals surface area contributed by atoms with E-state index in [1.165, 1.54) is 11.3 Å². The zero-order valence-corrected chi connectivity index (χ0v) is 12.2. The summed E-state index contributed by atoms with van der Waals surface area (Å²) in [5.74, 6) is -2.34. The van der Waals surface area contributed by atoms with Crippen LogP contribution < -0.4 is 5.32 Å². The molecule has 0 aliphatic carbocycles. The van der Waals surface area contributed by atoms with Gasteiger partial charge in [0.25, 0.3) is 0 Å². The lowest BCUT2D eigenvalue weighted by Crippen LogP contribution is -2.13. The quantitative estimate of drug-likeness (QED) is 0.641. The van der Waals surface area contributed by atoms with Crippen LogP contribution in [-0.2, 0) is 14.3 Å². The molecule has 1 rings (SSSR count). The molecule has 0 radical (unpaired) electrons. The minimum Gasteiger partial charge on any atom is -0.478 e. The van der Waals surface area contributed by atoms with Crippen molar-refractivity contribution in [2.24, 2.45) is 0 Å². The number of carbonyl (C=O) groups excluding carboxylic acids is 2. The zero-order valence-electron chi connectivity index (χ0n) is 11.4. The Kier molecular flexibility index (Phi) is 5.45. The number of anilines is 1. The van der Waals surface area contributed by atoms with Gasteiger partial charge in [-0.15, -0.1) is 11.3 Å². The number of carboxylic acids is 1. The maximum absolute atomic E-state index is 11.9. The van der Waals surface area contributed by atoms with Crippen LogP contribution in [0.1, 0.15) is 27.7 Å². The molecule has 1 heterocycles. The summed E-state index contributed by atoms with van der Waals surface area (Å²) in [4.78, 5) is 34.6. The first-order chi connectivity index (χ1) is 9.36. The van der Waals surface area contributed by atoms with Gasteiger partial charge in [0.1, 0.15) is 5.00 Å². The SMILES string of the molecule is CCOC(=O)c1c(NC(=O)/C=C\C(=O)O)sc(C)c1C. The van der Waals surface area contributed by atoms with Crippen molar-refractivity contribution >= 4 is 34.2 Å². The Labute approximate surface area is 120 Å². The molecule has 0 aliphatic rings. The summed E-state index contributed by atoms with van der Waals surface area (Å²) < 4.78 is 4.95. The number of aliphatic carboxylic acids is 1. The van der Waals surface area contributed by atoms with Crippen LogP contribution in [0, 0.1) is 13.8 Å². The average molecular weight is 297 g/mol. The van der Waals surface area contributed by atoms with Crippen LogP contribution in [0.15, 0.2) is 12.2 Å². The Bertz CT molecular complexity index is 574. The Hall–Kier alpha value is -2.15. The molecule has 7 heteroatoms. The molecule has 0 unspecified atom stereocenters. The fourth-order valence-corrected chi connectivity index (χ4v) is 2.52. The fourth-order valence-electron chi connectivity index (χ4n) is 1.46. The van der Waals surface area contributed by atoms with Gasteiger partial charge < -0.3 is 15.2 Å². The summed E-state index contributed by atoms with van der Waals surface area (Å²) in [5.41, 5.74) is 1.05. The first-order valence-corrected chi connectivity index (χ1v) is 6.67. The Morgan fingerprint density at radius 1 is 1.30 bits per heavy atom. The number of amides is 1. The lowest BCUT2D eigenvalue weighted by atomic mass is 10.1. The third-order valence-electron chi connectivity index (χ3n) is 2.48. The smallest absolute Gasteiger partial charge is 0.341 e. The van der Waals surface area contributed by atoms with Crippen LogP contribution in [0.25, 0.3) is 0 Å². The van der Waals surface area contributed by atoms with Crippen LogP contribution in [0.5, 0.6) is 0 Å². The summed E-state index contributed by atoms with van der Waals surface area (Å²) in [7, 11) is 0. The fraction of sp³-hybridized carbons (Fsp3) is 0.308. The minimum absolute atomic E-state index is 0.236. The van der Waals surface area contributed by atoms with Crippen molar-refractivity contribution < 1.29 is 24.2 Å². The number of carboxylic acid groups (broad SMARTS) is 1. The molecular weight excluding hydrogens is 282 g/mol. The molecule has 2 N–H and O–H groups in total. The maximum atomic E-state index is 11.9. The maximum Gasteiger partial charge on any atom is 0.341 e. The van der Waals surface area contributed by atoms with Crippen molar-refractivity contribution in [2.75, 3.05) is 11.9 Å². The van der Waals surface area contributed by atoms with Crippen molar-refractivity contribution in [3.63, 3.8) is 0 Å². The molecule has 0 fully saturated rings. The number of carbonyl (C=O) groups is 3. The van der Waals surface area contributed by atoms with Crippen LogP contribution in [-0.4, -0.2) is 29.6 Å². The van der Waals surface area contributed by atoms with Crippen LogP contribution in [0.4, 0.5) is 5.00 Å². The second kappa shape index (κ2) is 6.85. The van der Waals surface area contributed by atoms with Crippen molar-refractivity contribution in [3.05, 3.63) is 28.2 Å². The van der Waals surface area contributed by atoms with E-state index in [2.05, 4.69) is 5.32 Å².